The second kappa shape index (κ2) is 11.5. The quantitative estimate of drug-likeness (QED) is 0.251. The number of benzene rings is 1. The first kappa shape index (κ1) is 23.6. The number of hydrogen-bond donors (Lipinski definition) is 0. The molecule has 1 aliphatic rings. The second-order valence-electron chi connectivity index (χ2n) is 8.20. The van der Waals surface area contributed by atoms with Crippen LogP contribution in [0.25, 0.3) is 6.08 Å². The molecule has 30 heavy (non-hydrogen) atoms. The number of hydrogen-bond acceptors (Lipinski definition) is 6. The lowest BCUT2D eigenvalue weighted by Gasteiger charge is -2.20. The van der Waals surface area contributed by atoms with Crippen LogP contribution < -0.4 is 4.74 Å². The maximum Gasteiger partial charge on any atom is 0.330 e. The molecule has 1 aromatic carbocycles. The van der Waals surface area contributed by atoms with Gasteiger partial charge >= 0.3 is 17.9 Å². The van der Waals surface area contributed by atoms with Crippen LogP contribution in [0.15, 0.2) is 30.3 Å². The molecule has 0 spiro atoms. The molecular weight excluding hydrogens is 384 g/mol. The summed E-state index contributed by atoms with van der Waals surface area (Å²) in [5.74, 6) is -0.485. The predicted octanol–water partition coefficient (Wildman–Crippen LogP) is 4.71. The lowest BCUT2D eigenvalue weighted by molar-refractivity contribution is -0.157. The van der Waals surface area contributed by atoms with Crippen LogP contribution in [0, 0.1) is 11.3 Å². The molecule has 0 radical (unpaired) electrons. The highest BCUT2D eigenvalue weighted by atomic mass is 16.6. The van der Waals surface area contributed by atoms with Crippen LogP contribution >= 0.6 is 0 Å². The Morgan fingerprint density at radius 1 is 1.00 bits per heavy atom. The van der Waals surface area contributed by atoms with Gasteiger partial charge in [0.2, 0.25) is 0 Å². The Balaban J connectivity index is 1.72. The summed E-state index contributed by atoms with van der Waals surface area (Å²) in [5, 5.41) is 0. The monoisotopic (exact) mass is 416 g/mol. The zero-order valence-electron chi connectivity index (χ0n) is 18.1. The van der Waals surface area contributed by atoms with E-state index < -0.39 is 11.4 Å². The normalized spacial score (nSPS) is 15.0. The largest absolute Gasteiger partial charge is 0.462 e. The molecule has 0 heterocycles. The Bertz CT molecular complexity index is 741. The summed E-state index contributed by atoms with van der Waals surface area (Å²) < 4.78 is 15.6. The van der Waals surface area contributed by atoms with Crippen molar-refractivity contribution in [1.82, 2.24) is 0 Å². The smallest absolute Gasteiger partial charge is 0.330 e. The van der Waals surface area contributed by atoms with Gasteiger partial charge in [0.15, 0.2) is 0 Å². The van der Waals surface area contributed by atoms with Gasteiger partial charge in [-0.05, 0) is 56.9 Å². The highest BCUT2D eigenvalue weighted by molar-refractivity contribution is 5.87. The average molecular weight is 417 g/mol. The first-order chi connectivity index (χ1) is 14.3. The predicted molar refractivity (Wildman–Crippen MR) is 114 cm³/mol. The molecule has 0 aromatic heterocycles. The van der Waals surface area contributed by atoms with E-state index in [1.165, 1.54) is 12.5 Å². The van der Waals surface area contributed by atoms with Gasteiger partial charge in [-0.3, -0.25) is 9.59 Å². The van der Waals surface area contributed by atoms with E-state index in [0.717, 1.165) is 31.2 Å². The van der Waals surface area contributed by atoms with Gasteiger partial charge < -0.3 is 14.2 Å². The molecule has 164 valence electrons. The molecule has 0 unspecified atom stereocenters. The van der Waals surface area contributed by atoms with Crippen molar-refractivity contribution in [2.75, 3.05) is 13.2 Å². The third kappa shape index (κ3) is 7.65. The molecule has 0 atom stereocenters. The minimum Gasteiger partial charge on any atom is -0.462 e. The summed E-state index contributed by atoms with van der Waals surface area (Å²) in [5.41, 5.74) is 0.237. The summed E-state index contributed by atoms with van der Waals surface area (Å²) in [6, 6.07) is 6.95. The van der Waals surface area contributed by atoms with E-state index in [1.54, 1.807) is 30.3 Å². The maximum atomic E-state index is 12.2. The molecule has 0 N–H and O–H groups in total. The van der Waals surface area contributed by atoms with Crippen molar-refractivity contribution in [2.24, 2.45) is 11.3 Å². The van der Waals surface area contributed by atoms with Gasteiger partial charge in [-0.25, -0.2) is 4.79 Å². The fourth-order valence-electron chi connectivity index (χ4n) is 3.01. The molecule has 1 aliphatic carbocycles. The van der Waals surface area contributed by atoms with Gasteiger partial charge in [0.05, 0.1) is 11.3 Å². The number of esters is 3. The van der Waals surface area contributed by atoms with E-state index in [2.05, 4.69) is 0 Å². The van der Waals surface area contributed by atoms with Crippen molar-refractivity contribution >= 4 is 24.0 Å². The number of carbonyl (C=O) groups excluding carboxylic acids is 3. The number of rotatable bonds is 9. The molecule has 0 aliphatic heterocycles. The number of carbonyl (C=O) groups is 3. The average Bonchev–Trinajstić information content (AvgIpc) is 2.76. The van der Waals surface area contributed by atoms with E-state index in [-0.39, 0.29) is 31.1 Å². The fraction of sp³-hybridized carbons (Fsp3) is 0.542. The molecule has 0 amide bonds. The lowest BCUT2D eigenvalue weighted by atomic mass is 9.89. The zero-order chi connectivity index (χ0) is 22.0. The van der Waals surface area contributed by atoms with Crippen molar-refractivity contribution in [2.45, 2.75) is 59.3 Å². The highest BCUT2D eigenvalue weighted by Gasteiger charge is 2.27. The lowest BCUT2D eigenvalue weighted by Crippen LogP contribution is -2.27. The molecular formula is C24H32O6. The van der Waals surface area contributed by atoms with Crippen LogP contribution in [0.2, 0.25) is 0 Å². The van der Waals surface area contributed by atoms with Gasteiger partial charge in [-0.15, -0.1) is 0 Å². The van der Waals surface area contributed by atoms with E-state index in [9.17, 15) is 14.4 Å². The van der Waals surface area contributed by atoms with Gasteiger partial charge in [-0.2, -0.15) is 0 Å². The van der Waals surface area contributed by atoms with Crippen LogP contribution in [0.3, 0.4) is 0 Å². The van der Waals surface area contributed by atoms with Crippen LogP contribution in [0.4, 0.5) is 0 Å². The van der Waals surface area contributed by atoms with Crippen LogP contribution in [0.5, 0.6) is 5.75 Å². The van der Waals surface area contributed by atoms with Crippen molar-refractivity contribution in [1.29, 1.82) is 0 Å². The van der Waals surface area contributed by atoms with Crippen molar-refractivity contribution < 1.29 is 28.6 Å². The molecule has 2 rings (SSSR count). The molecule has 0 bridgehead atoms. The maximum absolute atomic E-state index is 12.2. The van der Waals surface area contributed by atoms with Gasteiger partial charge in [0, 0.05) is 6.08 Å². The SMILES string of the molecule is CCC(C)(C)C(=O)OCCOC(=O)/C=C/c1ccc(OC(=O)C2CCCCC2)cc1. The van der Waals surface area contributed by atoms with Crippen molar-refractivity contribution in [3.05, 3.63) is 35.9 Å². The van der Waals surface area contributed by atoms with Gasteiger partial charge in [0.1, 0.15) is 19.0 Å². The third-order valence-corrected chi connectivity index (χ3v) is 5.45. The Labute approximate surface area is 178 Å². The van der Waals surface area contributed by atoms with Crippen molar-refractivity contribution in [3.63, 3.8) is 0 Å². The third-order valence-electron chi connectivity index (χ3n) is 5.45. The van der Waals surface area contributed by atoms with Crippen LogP contribution in [-0.4, -0.2) is 31.1 Å². The Morgan fingerprint density at radius 2 is 1.63 bits per heavy atom. The minimum atomic E-state index is -0.541. The van der Waals surface area contributed by atoms with E-state index in [4.69, 9.17) is 14.2 Å². The first-order valence-electron chi connectivity index (χ1n) is 10.7. The van der Waals surface area contributed by atoms with Crippen molar-refractivity contribution in [3.8, 4) is 5.75 Å². The molecule has 1 aromatic rings. The summed E-state index contributed by atoms with van der Waals surface area (Å²) in [4.78, 5) is 35.8. The summed E-state index contributed by atoms with van der Waals surface area (Å²) in [7, 11) is 0. The van der Waals surface area contributed by atoms with E-state index in [1.807, 2.05) is 20.8 Å². The van der Waals surface area contributed by atoms with E-state index >= 15 is 0 Å². The first-order valence-corrected chi connectivity index (χ1v) is 10.7. The molecule has 6 heteroatoms. The summed E-state index contributed by atoms with van der Waals surface area (Å²) >= 11 is 0. The molecule has 1 saturated carbocycles. The van der Waals surface area contributed by atoms with E-state index in [0.29, 0.717) is 12.2 Å². The molecule has 1 fully saturated rings. The summed E-state index contributed by atoms with van der Waals surface area (Å²) in [6.45, 7) is 5.58. The van der Waals surface area contributed by atoms with Gasteiger partial charge in [-0.1, -0.05) is 38.3 Å². The topological polar surface area (TPSA) is 78.9 Å². The Morgan fingerprint density at radius 3 is 2.27 bits per heavy atom. The zero-order valence-corrected chi connectivity index (χ0v) is 18.1. The Kier molecular flexibility index (Phi) is 9.09. The standard InChI is InChI=1S/C24H32O6/c1-4-24(2,3)23(27)29-17-16-28-21(25)15-12-18-10-13-20(14-11-18)30-22(26)19-8-6-5-7-9-19/h10-15,19H,4-9,16-17H2,1-3H3/b15-12+. The second-order valence-corrected chi connectivity index (χ2v) is 8.20. The summed E-state index contributed by atoms with van der Waals surface area (Å²) in [6.07, 6.45) is 8.75. The minimum absolute atomic E-state index is 0.000380. The highest BCUT2D eigenvalue weighted by Crippen LogP contribution is 2.26. The number of ether oxygens (including phenoxy) is 3. The Hall–Kier alpha value is -2.63. The van der Waals surface area contributed by atoms with Gasteiger partial charge in [0.25, 0.3) is 0 Å². The van der Waals surface area contributed by atoms with Crippen LogP contribution in [0.1, 0.15) is 64.9 Å². The van der Waals surface area contributed by atoms with Crippen LogP contribution in [-0.2, 0) is 23.9 Å². The molecule has 6 nitrogen and oxygen atoms in total. The molecule has 0 saturated heterocycles. The fourth-order valence-corrected chi connectivity index (χ4v) is 3.01.